The van der Waals surface area contributed by atoms with Crippen LogP contribution in [0.1, 0.15) is 34.5 Å². The molecule has 0 saturated carbocycles. The standard InChI is InChI=1S/C20H19ClN2O2/c1-13(15-8-10-16(21)11-9-15)22(3)19(24)12-23-14(2)17-6-4-5-7-18(17)20(23)25/h4-11,13H,2,12H2,1,3H3. The van der Waals surface area contributed by atoms with Gasteiger partial charge in [-0.3, -0.25) is 14.5 Å². The van der Waals surface area contributed by atoms with Gasteiger partial charge in [0.15, 0.2) is 0 Å². The number of carbonyl (C=O) groups is 2. The quantitative estimate of drug-likeness (QED) is 0.833. The van der Waals surface area contributed by atoms with E-state index in [1.54, 1.807) is 30.1 Å². The van der Waals surface area contributed by atoms with Crippen LogP contribution in [0.15, 0.2) is 55.1 Å². The van der Waals surface area contributed by atoms with E-state index in [1.165, 1.54) is 4.90 Å². The van der Waals surface area contributed by atoms with Crippen molar-refractivity contribution in [1.82, 2.24) is 9.80 Å². The molecule has 0 aromatic heterocycles. The average molecular weight is 355 g/mol. The van der Waals surface area contributed by atoms with Crippen molar-refractivity contribution >= 4 is 29.1 Å². The minimum absolute atomic E-state index is 0.0270. The highest BCUT2D eigenvalue weighted by Gasteiger charge is 2.33. The van der Waals surface area contributed by atoms with Crippen molar-refractivity contribution in [2.75, 3.05) is 13.6 Å². The van der Waals surface area contributed by atoms with Gasteiger partial charge in [-0.25, -0.2) is 0 Å². The topological polar surface area (TPSA) is 40.6 Å². The van der Waals surface area contributed by atoms with Gasteiger partial charge in [0.1, 0.15) is 6.54 Å². The zero-order valence-electron chi connectivity index (χ0n) is 14.2. The van der Waals surface area contributed by atoms with Crippen molar-refractivity contribution in [3.63, 3.8) is 0 Å². The van der Waals surface area contributed by atoms with Gasteiger partial charge in [0.2, 0.25) is 5.91 Å². The molecular weight excluding hydrogens is 336 g/mol. The first-order valence-corrected chi connectivity index (χ1v) is 8.39. The summed E-state index contributed by atoms with van der Waals surface area (Å²) in [6, 6.07) is 14.5. The number of amides is 2. The fraction of sp³-hybridized carbons (Fsp3) is 0.200. The van der Waals surface area contributed by atoms with E-state index in [4.69, 9.17) is 11.6 Å². The lowest BCUT2D eigenvalue weighted by Crippen LogP contribution is -2.39. The Bertz CT molecular complexity index is 810. The summed E-state index contributed by atoms with van der Waals surface area (Å²) in [5.41, 5.74) is 2.93. The lowest BCUT2D eigenvalue weighted by atomic mass is 10.1. The molecule has 0 radical (unpaired) electrons. The maximum absolute atomic E-state index is 12.7. The van der Waals surface area contributed by atoms with Crippen LogP contribution in [-0.4, -0.2) is 35.2 Å². The molecule has 1 aliphatic heterocycles. The molecule has 2 aromatic rings. The van der Waals surface area contributed by atoms with E-state index >= 15 is 0 Å². The van der Waals surface area contributed by atoms with E-state index in [0.29, 0.717) is 16.3 Å². The van der Waals surface area contributed by atoms with E-state index in [0.717, 1.165) is 11.1 Å². The third-order valence-corrected chi connectivity index (χ3v) is 4.91. The number of halogens is 1. The van der Waals surface area contributed by atoms with Crippen molar-refractivity contribution in [3.05, 3.63) is 76.8 Å². The first-order valence-electron chi connectivity index (χ1n) is 8.01. The Labute approximate surface area is 152 Å². The van der Waals surface area contributed by atoms with E-state index in [-0.39, 0.29) is 24.4 Å². The fourth-order valence-corrected chi connectivity index (χ4v) is 3.06. The summed E-state index contributed by atoms with van der Waals surface area (Å²) in [4.78, 5) is 28.3. The predicted octanol–water partition coefficient (Wildman–Crippen LogP) is 3.99. The van der Waals surface area contributed by atoms with Gasteiger partial charge in [-0.2, -0.15) is 0 Å². The molecule has 3 rings (SSSR count). The number of carbonyl (C=O) groups excluding carboxylic acids is 2. The molecule has 25 heavy (non-hydrogen) atoms. The predicted molar refractivity (Wildman–Crippen MR) is 99.1 cm³/mol. The summed E-state index contributed by atoms with van der Waals surface area (Å²) in [6.45, 7) is 5.89. The van der Waals surface area contributed by atoms with Gasteiger partial charge in [0, 0.05) is 28.9 Å². The van der Waals surface area contributed by atoms with Crippen LogP contribution in [0.3, 0.4) is 0 Å². The molecule has 0 fully saturated rings. The van der Waals surface area contributed by atoms with Crippen LogP contribution in [0.4, 0.5) is 0 Å². The van der Waals surface area contributed by atoms with Crippen molar-refractivity contribution < 1.29 is 9.59 Å². The molecule has 1 unspecified atom stereocenters. The van der Waals surface area contributed by atoms with Gasteiger partial charge in [-0.15, -0.1) is 0 Å². The Kier molecular flexibility index (Phi) is 4.64. The molecule has 2 amide bonds. The van der Waals surface area contributed by atoms with Crippen molar-refractivity contribution in [2.45, 2.75) is 13.0 Å². The van der Waals surface area contributed by atoms with Crippen LogP contribution >= 0.6 is 11.6 Å². The molecule has 0 spiro atoms. The molecule has 0 N–H and O–H groups in total. The normalized spacial score (nSPS) is 14.4. The Balaban J connectivity index is 1.73. The Hall–Kier alpha value is -2.59. The highest BCUT2D eigenvalue weighted by molar-refractivity contribution is 6.30. The van der Waals surface area contributed by atoms with Crippen LogP contribution < -0.4 is 0 Å². The number of fused-ring (bicyclic) bond motifs is 1. The lowest BCUT2D eigenvalue weighted by molar-refractivity contribution is -0.131. The number of hydrogen-bond donors (Lipinski definition) is 0. The van der Waals surface area contributed by atoms with E-state index in [9.17, 15) is 9.59 Å². The van der Waals surface area contributed by atoms with Gasteiger partial charge >= 0.3 is 0 Å². The molecular formula is C20H19ClN2O2. The van der Waals surface area contributed by atoms with Gasteiger partial charge in [0.25, 0.3) is 5.91 Å². The monoisotopic (exact) mass is 354 g/mol. The van der Waals surface area contributed by atoms with E-state index in [1.807, 2.05) is 37.3 Å². The molecule has 1 atom stereocenters. The number of likely N-dealkylation sites (N-methyl/N-ethyl adjacent to an activating group) is 1. The van der Waals surface area contributed by atoms with Crippen molar-refractivity contribution in [3.8, 4) is 0 Å². The van der Waals surface area contributed by atoms with Crippen LogP contribution in [-0.2, 0) is 4.79 Å². The summed E-state index contributed by atoms with van der Waals surface area (Å²) in [5, 5.41) is 0.654. The summed E-state index contributed by atoms with van der Waals surface area (Å²) < 4.78 is 0. The van der Waals surface area contributed by atoms with Gasteiger partial charge in [-0.1, -0.05) is 48.5 Å². The Morgan fingerprint density at radius 3 is 2.36 bits per heavy atom. The van der Waals surface area contributed by atoms with Crippen LogP contribution in [0.2, 0.25) is 5.02 Å². The summed E-state index contributed by atoms with van der Waals surface area (Å²) in [6.07, 6.45) is 0. The number of rotatable bonds is 4. The summed E-state index contributed by atoms with van der Waals surface area (Å²) in [7, 11) is 1.73. The molecule has 2 aromatic carbocycles. The van der Waals surface area contributed by atoms with E-state index < -0.39 is 0 Å². The smallest absolute Gasteiger partial charge is 0.259 e. The largest absolute Gasteiger partial charge is 0.337 e. The third kappa shape index (κ3) is 3.17. The maximum atomic E-state index is 12.7. The number of benzene rings is 2. The highest BCUT2D eigenvalue weighted by Crippen LogP contribution is 2.31. The minimum Gasteiger partial charge on any atom is -0.337 e. The fourth-order valence-electron chi connectivity index (χ4n) is 2.93. The third-order valence-electron chi connectivity index (χ3n) is 4.66. The van der Waals surface area contributed by atoms with Crippen LogP contribution in [0.5, 0.6) is 0 Å². The van der Waals surface area contributed by atoms with Crippen LogP contribution in [0.25, 0.3) is 5.70 Å². The average Bonchev–Trinajstić information content (AvgIpc) is 2.86. The molecule has 5 heteroatoms. The van der Waals surface area contributed by atoms with Gasteiger partial charge in [-0.05, 0) is 30.7 Å². The second-order valence-corrected chi connectivity index (χ2v) is 6.55. The first kappa shape index (κ1) is 17.2. The van der Waals surface area contributed by atoms with Gasteiger partial charge < -0.3 is 4.90 Å². The number of nitrogens with zero attached hydrogens (tertiary/aromatic N) is 2. The van der Waals surface area contributed by atoms with Gasteiger partial charge in [0.05, 0.1) is 6.04 Å². The van der Waals surface area contributed by atoms with Crippen LogP contribution in [0, 0.1) is 0 Å². The molecule has 128 valence electrons. The highest BCUT2D eigenvalue weighted by atomic mass is 35.5. The Morgan fingerprint density at radius 1 is 1.16 bits per heavy atom. The molecule has 0 bridgehead atoms. The zero-order chi connectivity index (χ0) is 18.1. The maximum Gasteiger partial charge on any atom is 0.259 e. The summed E-state index contributed by atoms with van der Waals surface area (Å²) >= 11 is 5.91. The summed E-state index contributed by atoms with van der Waals surface area (Å²) in [5.74, 6) is -0.328. The van der Waals surface area contributed by atoms with Crippen molar-refractivity contribution in [2.24, 2.45) is 0 Å². The molecule has 1 aliphatic rings. The molecule has 0 aliphatic carbocycles. The first-order chi connectivity index (χ1) is 11.9. The zero-order valence-corrected chi connectivity index (χ0v) is 15.0. The van der Waals surface area contributed by atoms with Crippen molar-refractivity contribution in [1.29, 1.82) is 0 Å². The molecule has 4 nitrogen and oxygen atoms in total. The van der Waals surface area contributed by atoms with E-state index in [2.05, 4.69) is 6.58 Å². The Morgan fingerprint density at radius 2 is 1.76 bits per heavy atom. The second kappa shape index (κ2) is 6.73. The minimum atomic E-state index is -0.179. The number of hydrogen-bond acceptors (Lipinski definition) is 2. The molecule has 0 saturated heterocycles. The lowest BCUT2D eigenvalue weighted by Gasteiger charge is -2.28. The second-order valence-electron chi connectivity index (χ2n) is 6.12. The SMILES string of the molecule is C=C1c2ccccc2C(=O)N1CC(=O)N(C)C(C)c1ccc(Cl)cc1. The molecule has 1 heterocycles.